The van der Waals surface area contributed by atoms with Crippen molar-refractivity contribution < 1.29 is 4.74 Å². The van der Waals surface area contributed by atoms with Crippen molar-refractivity contribution in [2.45, 2.75) is 45.3 Å². The van der Waals surface area contributed by atoms with E-state index in [1.807, 2.05) is 6.07 Å². The number of hydrogen-bond acceptors (Lipinski definition) is 3. The molecule has 112 valence electrons. The van der Waals surface area contributed by atoms with Crippen LogP contribution in [0.5, 0.6) is 5.75 Å². The molecule has 0 aromatic heterocycles. The standard InChI is InChI=1S/C16H25BrN2O/c1-4-5-14-11-19(12(2)9-18-14)10-13-6-7-16(20-3)15(17)8-13/h6-8,12,14,18H,4-5,9-11H2,1-3H3. The van der Waals surface area contributed by atoms with Crippen LogP contribution >= 0.6 is 15.9 Å². The Balaban J connectivity index is 2.02. The van der Waals surface area contributed by atoms with Crippen LogP contribution in [0, 0.1) is 0 Å². The minimum Gasteiger partial charge on any atom is -0.496 e. The van der Waals surface area contributed by atoms with Crippen molar-refractivity contribution in [1.82, 2.24) is 10.2 Å². The van der Waals surface area contributed by atoms with E-state index >= 15 is 0 Å². The molecule has 1 aromatic rings. The van der Waals surface area contributed by atoms with Gasteiger partial charge in [-0.3, -0.25) is 4.90 Å². The van der Waals surface area contributed by atoms with Gasteiger partial charge in [0.1, 0.15) is 5.75 Å². The Kier molecular flexibility index (Phi) is 5.87. The number of halogens is 1. The first-order valence-electron chi connectivity index (χ1n) is 7.44. The van der Waals surface area contributed by atoms with E-state index < -0.39 is 0 Å². The summed E-state index contributed by atoms with van der Waals surface area (Å²) < 4.78 is 6.32. The van der Waals surface area contributed by atoms with Gasteiger partial charge in [0.2, 0.25) is 0 Å². The lowest BCUT2D eigenvalue weighted by Crippen LogP contribution is -2.54. The summed E-state index contributed by atoms with van der Waals surface area (Å²) >= 11 is 3.57. The fourth-order valence-electron chi connectivity index (χ4n) is 2.80. The summed E-state index contributed by atoms with van der Waals surface area (Å²) in [6.45, 7) is 7.78. The molecular weight excluding hydrogens is 316 g/mol. The number of hydrogen-bond donors (Lipinski definition) is 1. The summed E-state index contributed by atoms with van der Waals surface area (Å²) in [5, 5.41) is 3.64. The third kappa shape index (κ3) is 3.96. The molecular formula is C16H25BrN2O. The van der Waals surface area contributed by atoms with Crippen molar-refractivity contribution in [3.63, 3.8) is 0 Å². The average molecular weight is 341 g/mol. The van der Waals surface area contributed by atoms with E-state index in [4.69, 9.17) is 4.74 Å². The smallest absolute Gasteiger partial charge is 0.133 e. The van der Waals surface area contributed by atoms with Gasteiger partial charge >= 0.3 is 0 Å². The molecule has 2 atom stereocenters. The van der Waals surface area contributed by atoms with Gasteiger partial charge in [0.05, 0.1) is 11.6 Å². The maximum Gasteiger partial charge on any atom is 0.133 e. The molecule has 0 bridgehead atoms. The zero-order valence-corrected chi connectivity index (χ0v) is 14.2. The van der Waals surface area contributed by atoms with Crippen molar-refractivity contribution in [1.29, 1.82) is 0 Å². The number of piperazine rings is 1. The topological polar surface area (TPSA) is 24.5 Å². The van der Waals surface area contributed by atoms with Crippen LogP contribution < -0.4 is 10.1 Å². The summed E-state index contributed by atoms with van der Waals surface area (Å²) in [5.74, 6) is 0.894. The first-order valence-corrected chi connectivity index (χ1v) is 8.23. The van der Waals surface area contributed by atoms with Crippen LogP contribution in [0.2, 0.25) is 0 Å². The van der Waals surface area contributed by atoms with Crippen LogP contribution in [-0.4, -0.2) is 37.2 Å². The molecule has 0 aliphatic carbocycles. The lowest BCUT2D eigenvalue weighted by atomic mass is 10.0. The quantitative estimate of drug-likeness (QED) is 0.888. The van der Waals surface area contributed by atoms with E-state index in [0.29, 0.717) is 12.1 Å². The molecule has 1 aliphatic heterocycles. The Hall–Kier alpha value is -0.580. The molecule has 4 heteroatoms. The summed E-state index contributed by atoms with van der Waals surface area (Å²) in [5.41, 5.74) is 1.33. The fourth-order valence-corrected chi connectivity index (χ4v) is 3.39. The molecule has 1 fully saturated rings. The molecule has 1 aliphatic rings. The van der Waals surface area contributed by atoms with Crippen LogP contribution in [0.25, 0.3) is 0 Å². The van der Waals surface area contributed by atoms with E-state index in [1.54, 1.807) is 7.11 Å². The van der Waals surface area contributed by atoms with E-state index in [2.05, 4.69) is 52.1 Å². The van der Waals surface area contributed by atoms with Crippen molar-refractivity contribution in [2.24, 2.45) is 0 Å². The van der Waals surface area contributed by atoms with Gasteiger partial charge < -0.3 is 10.1 Å². The van der Waals surface area contributed by atoms with Gasteiger partial charge in [0.25, 0.3) is 0 Å². The van der Waals surface area contributed by atoms with Crippen molar-refractivity contribution in [3.8, 4) is 5.75 Å². The second-order valence-corrected chi connectivity index (χ2v) is 6.50. The molecule has 1 heterocycles. The summed E-state index contributed by atoms with van der Waals surface area (Å²) in [7, 11) is 1.70. The first-order chi connectivity index (χ1) is 9.63. The number of rotatable bonds is 5. The average Bonchev–Trinajstić information content (AvgIpc) is 2.43. The second kappa shape index (κ2) is 7.43. The summed E-state index contributed by atoms with van der Waals surface area (Å²) in [6.07, 6.45) is 2.50. The van der Waals surface area contributed by atoms with Gasteiger partial charge in [-0.15, -0.1) is 0 Å². The second-order valence-electron chi connectivity index (χ2n) is 5.64. The molecule has 1 N–H and O–H groups in total. The Morgan fingerprint density at radius 3 is 2.90 bits per heavy atom. The minimum atomic E-state index is 0.587. The normalized spacial score (nSPS) is 23.8. The lowest BCUT2D eigenvalue weighted by molar-refractivity contribution is 0.129. The minimum absolute atomic E-state index is 0.587. The first kappa shape index (κ1) is 15.8. The third-order valence-electron chi connectivity index (χ3n) is 4.02. The highest BCUT2D eigenvalue weighted by Gasteiger charge is 2.24. The van der Waals surface area contributed by atoms with Gasteiger partial charge in [-0.05, 0) is 47.0 Å². The SMILES string of the molecule is CCCC1CN(Cc2ccc(OC)c(Br)c2)C(C)CN1. The maximum atomic E-state index is 5.29. The highest BCUT2D eigenvalue weighted by atomic mass is 79.9. The molecule has 2 rings (SSSR count). The Bertz CT molecular complexity index is 438. The summed E-state index contributed by atoms with van der Waals surface area (Å²) in [4.78, 5) is 2.57. The van der Waals surface area contributed by atoms with E-state index in [-0.39, 0.29) is 0 Å². The number of nitrogens with one attached hydrogen (secondary N) is 1. The van der Waals surface area contributed by atoms with E-state index in [0.717, 1.165) is 29.9 Å². The largest absolute Gasteiger partial charge is 0.496 e. The zero-order valence-electron chi connectivity index (χ0n) is 12.7. The van der Waals surface area contributed by atoms with Crippen molar-refractivity contribution in [3.05, 3.63) is 28.2 Å². The van der Waals surface area contributed by atoms with Crippen molar-refractivity contribution in [2.75, 3.05) is 20.2 Å². The Morgan fingerprint density at radius 1 is 1.45 bits per heavy atom. The molecule has 3 nitrogen and oxygen atoms in total. The van der Waals surface area contributed by atoms with Crippen molar-refractivity contribution >= 4 is 15.9 Å². The Labute approximate surface area is 130 Å². The molecule has 0 radical (unpaired) electrons. The highest BCUT2D eigenvalue weighted by Crippen LogP contribution is 2.26. The molecule has 1 saturated heterocycles. The van der Waals surface area contributed by atoms with Gasteiger partial charge in [-0.25, -0.2) is 0 Å². The van der Waals surface area contributed by atoms with E-state index in [1.165, 1.54) is 18.4 Å². The van der Waals surface area contributed by atoms with Crippen LogP contribution in [-0.2, 0) is 6.54 Å². The molecule has 1 aromatic carbocycles. The van der Waals surface area contributed by atoms with E-state index in [9.17, 15) is 0 Å². The molecule has 0 saturated carbocycles. The van der Waals surface area contributed by atoms with Crippen LogP contribution in [0.15, 0.2) is 22.7 Å². The van der Waals surface area contributed by atoms with Crippen LogP contribution in [0.1, 0.15) is 32.3 Å². The Morgan fingerprint density at radius 2 is 2.25 bits per heavy atom. The number of benzene rings is 1. The monoisotopic (exact) mass is 340 g/mol. The fraction of sp³-hybridized carbons (Fsp3) is 0.625. The molecule has 0 amide bonds. The highest BCUT2D eigenvalue weighted by molar-refractivity contribution is 9.10. The molecule has 0 spiro atoms. The van der Waals surface area contributed by atoms with Gasteiger partial charge in [-0.2, -0.15) is 0 Å². The van der Waals surface area contributed by atoms with Gasteiger partial charge in [0, 0.05) is 31.7 Å². The molecule has 20 heavy (non-hydrogen) atoms. The predicted octanol–water partition coefficient (Wildman–Crippen LogP) is 3.42. The zero-order chi connectivity index (χ0) is 14.5. The maximum absolute atomic E-state index is 5.29. The van der Waals surface area contributed by atoms with Gasteiger partial charge in [-0.1, -0.05) is 19.4 Å². The third-order valence-corrected chi connectivity index (χ3v) is 4.64. The predicted molar refractivity (Wildman–Crippen MR) is 87.3 cm³/mol. The lowest BCUT2D eigenvalue weighted by Gasteiger charge is -2.39. The number of ether oxygens (including phenoxy) is 1. The van der Waals surface area contributed by atoms with Crippen LogP contribution in [0.3, 0.4) is 0 Å². The van der Waals surface area contributed by atoms with Gasteiger partial charge in [0.15, 0.2) is 0 Å². The van der Waals surface area contributed by atoms with Crippen LogP contribution in [0.4, 0.5) is 0 Å². The number of methoxy groups -OCH3 is 1. The summed E-state index contributed by atoms with van der Waals surface area (Å²) in [6, 6.07) is 7.59. The molecule has 2 unspecified atom stereocenters. The number of nitrogens with zero attached hydrogens (tertiary/aromatic N) is 1.